The van der Waals surface area contributed by atoms with Gasteiger partial charge in [-0.15, -0.1) is 0 Å². The second kappa shape index (κ2) is 7.17. The number of aryl methyl sites for hydroxylation is 2. The molecule has 1 heterocycles. The zero-order valence-electron chi connectivity index (χ0n) is 10.4. The van der Waals surface area contributed by atoms with Crippen LogP contribution in [-0.4, -0.2) is 29.7 Å². The van der Waals surface area contributed by atoms with Crippen molar-refractivity contribution in [2.24, 2.45) is 0 Å². The van der Waals surface area contributed by atoms with Crippen molar-refractivity contribution in [1.29, 1.82) is 0 Å². The molecule has 0 saturated carbocycles. The highest BCUT2D eigenvalue weighted by molar-refractivity contribution is 5.39. The highest BCUT2D eigenvalue weighted by Gasteiger charge is 2.00. The monoisotopic (exact) mass is 223 g/mol. The van der Waals surface area contributed by atoms with Gasteiger partial charge in [-0.2, -0.15) is 0 Å². The van der Waals surface area contributed by atoms with Crippen LogP contribution >= 0.6 is 0 Å². The van der Waals surface area contributed by atoms with Gasteiger partial charge >= 0.3 is 0 Å². The van der Waals surface area contributed by atoms with E-state index >= 15 is 0 Å². The lowest BCUT2D eigenvalue weighted by atomic mass is 10.4. The number of rotatable bonds is 7. The lowest BCUT2D eigenvalue weighted by Crippen LogP contribution is -2.12. The molecule has 0 aromatic carbocycles. The van der Waals surface area contributed by atoms with Crippen LogP contribution in [0.1, 0.15) is 31.2 Å². The average molecular weight is 223 g/mol. The van der Waals surface area contributed by atoms with E-state index in [1.54, 1.807) is 6.20 Å². The van der Waals surface area contributed by atoms with Crippen LogP contribution in [0.2, 0.25) is 0 Å². The number of hydrogen-bond acceptors (Lipinski definition) is 4. The van der Waals surface area contributed by atoms with Crippen LogP contribution < -0.4 is 5.32 Å². The normalized spacial score (nSPS) is 10.4. The Morgan fingerprint density at radius 2 is 2.12 bits per heavy atom. The number of ether oxygens (including phenoxy) is 1. The van der Waals surface area contributed by atoms with Crippen molar-refractivity contribution >= 4 is 5.82 Å². The minimum atomic E-state index is 0.717. The molecule has 4 heteroatoms. The molecular formula is C12H21N3O. The first-order chi connectivity index (χ1) is 7.74. The molecule has 0 fully saturated rings. The van der Waals surface area contributed by atoms with E-state index in [0.717, 1.165) is 43.4 Å². The Balaban J connectivity index is 2.23. The predicted octanol–water partition coefficient (Wildman–Crippen LogP) is 2.32. The van der Waals surface area contributed by atoms with Crippen LogP contribution in [0.4, 0.5) is 5.82 Å². The Morgan fingerprint density at radius 3 is 2.88 bits per heavy atom. The summed E-state index contributed by atoms with van der Waals surface area (Å²) in [5, 5.41) is 3.23. The van der Waals surface area contributed by atoms with Gasteiger partial charge in [0.2, 0.25) is 0 Å². The van der Waals surface area contributed by atoms with Gasteiger partial charge in [0.15, 0.2) is 0 Å². The molecule has 0 saturated heterocycles. The summed E-state index contributed by atoms with van der Waals surface area (Å²) in [5.74, 6) is 0.860. The lowest BCUT2D eigenvalue weighted by Gasteiger charge is -2.08. The Kier molecular flexibility index (Phi) is 5.78. The number of nitrogens with zero attached hydrogens (tertiary/aromatic N) is 2. The third-order valence-electron chi connectivity index (χ3n) is 2.26. The van der Waals surface area contributed by atoms with E-state index in [1.807, 2.05) is 13.8 Å². The van der Waals surface area contributed by atoms with Gasteiger partial charge in [-0.1, -0.05) is 13.3 Å². The van der Waals surface area contributed by atoms with Gasteiger partial charge in [-0.05, 0) is 20.3 Å². The van der Waals surface area contributed by atoms with Crippen molar-refractivity contribution in [3.8, 4) is 0 Å². The van der Waals surface area contributed by atoms with Gasteiger partial charge in [0.05, 0.1) is 18.0 Å². The zero-order valence-corrected chi connectivity index (χ0v) is 10.4. The minimum Gasteiger partial charge on any atom is -0.380 e. The molecule has 0 bridgehead atoms. The summed E-state index contributed by atoms with van der Waals surface area (Å²) < 4.78 is 5.46. The molecular weight excluding hydrogens is 202 g/mol. The molecule has 1 aromatic rings. The maximum Gasteiger partial charge on any atom is 0.147 e. The van der Waals surface area contributed by atoms with Crippen LogP contribution in [0.15, 0.2) is 6.20 Å². The molecule has 90 valence electrons. The number of hydrogen-bond donors (Lipinski definition) is 1. The number of unbranched alkanes of at least 4 members (excludes halogenated alkanes) is 1. The van der Waals surface area contributed by atoms with Crippen molar-refractivity contribution < 1.29 is 4.74 Å². The molecule has 0 unspecified atom stereocenters. The molecule has 0 radical (unpaired) electrons. The van der Waals surface area contributed by atoms with E-state index in [0.29, 0.717) is 0 Å². The molecule has 16 heavy (non-hydrogen) atoms. The molecule has 0 aliphatic heterocycles. The lowest BCUT2D eigenvalue weighted by molar-refractivity contribution is 0.141. The van der Waals surface area contributed by atoms with E-state index in [4.69, 9.17) is 4.74 Å². The topological polar surface area (TPSA) is 47.0 Å². The molecule has 0 spiro atoms. The first-order valence-corrected chi connectivity index (χ1v) is 5.86. The SMILES string of the molecule is CCCCOCCNc1nc(C)cnc1C. The maximum atomic E-state index is 5.46. The van der Waals surface area contributed by atoms with Crippen LogP contribution in [0.3, 0.4) is 0 Å². The van der Waals surface area contributed by atoms with E-state index in [-0.39, 0.29) is 0 Å². The van der Waals surface area contributed by atoms with Gasteiger partial charge in [0, 0.05) is 19.3 Å². The van der Waals surface area contributed by atoms with Crippen LogP contribution in [0, 0.1) is 13.8 Å². The summed E-state index contributed by atoms with van der Waals surface area (Å²) in [4.78, 5) is 8.62. The van der Waals surface area contributed by atoms with E-state index in [1.165, 1.54) is 6.42 Å². The molecule has 0 aliphatic rings. The summed E-state index contributed by atoms with van der Waals surface area (Å²) in [6.07, 6.45) is 4.08. The van der Waals surface area contributed by atoms with Crippen molar-refractivity contribution in [3.63, 3.8) is 0 Å². The Bertz CT molecular complexity index is 315. The van der Waals surface area contributed by atoms with Crippen LogP contribution in [0.25, 0.3) is 0 Å². The molecule has 1 N–H and O–H groups in total. The van der Waals surface area contributed by atoms with E-state index in [9.17, 15) is 0 Å². The number of nitrogens with one attached hydrogen (secondary N) is 1. The molecule has 1 aromatic heterocycles. The van der Waals surface area contributed by atoms with Crippen molar-refractivity contribution in [1.82, 2.24) is 9.97 Å². The standard InChI is InChI=1S/C12H21N3O/c1-4-5-7-16-8-6-13-12-11(3)14-9-10(2)15-12/h9H,4-8H2,1-3H3,(H,13,15). The summed E-state index contributed by atoms with van der Waals surface area (Å²) in [6, 6.07) is 0. The van der Waals surface area contributed by atoms with Crippen molar-refractivity contribution in [3.05, 3.63) is 17.6 Å². The summed E-state index contributed by atoms with van der Waals surface area (Å²) in [5.41, 5.74) is 1.86. The third-order valence-corrected chi connectivity index (χ3v) is 2.26. The summed E-state index contributed by atoms with van der Waals surface area (Å²) in [6.45, 7) is 8.39. The largest absolute Gasteiger partial charge is 0.380 e. The fourth-order valence-electron chi connectivity index (χ4n) is 1.30. The van der Waals surface area contributed by atoms with E-state index < -0.39 is 0 Å². The van der Waals surface area contributed by atoms with Gasteiger partial charge in [-0.3, -0.25) is 4.98 Å². The Labute approximate surface area is 97.5 Å². The third kappa shape index (κ3) is 4.57. The Morgan fingerprint density at radius 1 is 1.31 bits per heavy atom. The van der Waals surface area contributed by atoms with Crippen LogP contribution in [0.5, 0.6) is 0 Å². The van der Waals surface area contributed by atoms with Crippen LogP contribution in [-0.2, 0) is 4.74 Å². The number of anilines is 1. The highest BCUT2D eigenvalue weighted by atomic mass is 16.5. The van der Waals surface area contributed by atoms with Crippen molar-refractivity contribution in [2.45, 2.75) is 33.6 Å². The molecule has 0 aliphatic carbocycles. The smallest absolute Gasteiger partial charge is 0.147 e. The predicted molar refractivity (Wildman–Crippen MR) is 65.7 cm³/mol. The zero-order chi connectivity index (χ0) is 11.8. The average Bonchev–Trinajstić information content (AvgIpc) is 2.28. The molecule has 0 amide bonds. The molecule has 4 nitrogen and oxygen atoms in total. The second-order valence-electron chi connectivity index (χ2n) is 3.84. The first kappa shape index (κ1) is 12.9. The summed E-state index contributed by atoms with van der Waals surface area (Å²) >= 11 is 0. The fraction of sp³-hybridized carbons (Fsp3) is 0.667. The van der Waals surface area contributed by atoms with Gasteiger partial charge in [0.25, 0.3) is 0 Å². The fourth-order valence-corrected chi connectivity index (χ4v) is 1.30. The highest BCUT2D eigenvalue weighted by Crippen LogP contribution is 2.07. The second-order valence-corrected chi connectivity index (χ2v) is 3.84. The number of aromatic nitrogens is 2. The first-order valence-electron chi connectivity index (χ1n) is 5.86. The minimum absolute atomic E-state index is 0.717. The van der Waals surface area contributed by atoms with Gasteiger partial charge in [0.1, 0.15) is 5.82 Å². The molecule has 0 atom stereocenters. The molecule has 1 rings (SSSR count). The Hall–Kier alpha value is -1.16. The quantitative estimate of drug-likeness (QED) is 0.721. The van der Waals surface area contributed by atoms with Gasteiger partial charge in [-0.25, -0.2) is 4.98 Å². The van der Waals surface area contributed by atoms with E-state index in [2.05, 4.69) is 22.2 Å². The van der Waals surface area contributed by atoms with Crippen molar-refractivity contribution in [2.75, 3.05) is 25.1 Å². The van der Waals surface area contributed by atoms with Gasteiger partial charge < -0.3 is 10.1 Å². The summed E-state index contributed by atoms with van der Waals surface area (Å²) in [7, 11) is 0. The maximum absolute atomic E-state index is 5.46.